The van der Waals surface area contributed by atoms with Crippen molar-refractivity contribution in [1.29, 1.82) is 0 Å². The summed E-state index contributed by atoms with van der Waals surface area (Å²) in [6, 6.07) is 6.76. The molecule has 0 saturated carbocycles. The first kappa shape index (κ1) is 12.9. The summed E-state index contributed by atoms with van der Waals surface area (Å²) in [6.45, 7) is 0. The Morgan fingerprint density at radius 2 is 1.65 bits per heavy atom. The highest BCUT2D eigenvalue weighted by Gasteiger charge is 2.44. The van der Waals surface area contributed by atoms with Crippen molar-refractivity contribution in [2.45, 2.75) is 6.18 Å². The molecule has 1 aromatic rings. The van der Waals surface area contributed by atoms with Crippen molar-refractivity contribution < 1.29 is 28.0 Å². The Morgan fingerprint density at radius 1 is 1.12 bits per heavy atom. The zero-order valence-corrected chi connectivity index (χ0v) is 8.23. The third-order valence-electron chi connectivity index (χ3n) is 1.82. The molecule has 0 aromatic heterocycles. The van der Waals surface area contributed by atoms with Gasteiger partial charge < -0.3 is 5.21 Å². The van der Waals surface area contributed by atoms with Crippen LogP contribution in [0, 0.1) is 0 Å². The third-order valence-corrected chi connectivity index (χ3v) is 1.82. The molecule has 0 amide bonds. The summed E-state index contributed by atoms with van der Waals surface area (Å²) in [7, 11) is 0. The van der Waals surface area contributed by atoms with E-state index in [0.29, 0.717) is 0 Å². The monoisotopic (exact) mass is 245 g/mol. The molecule has 0 unspecified atom stereocenters. The molecule has 17 heavy (non-hydrogen) atoms. The van der Waals surface area contributed by atoms with Crippen molar-refractivity contribution in [3.63, 3.8) is 0 Å². The van der Waals surface area contributed by atoms with Crippen LogP contribution in [0.2, 0.25) is 0 Å². The second-order valence-electron chi connectivity index (χ2n) is 2.97. The van der Waals surface area contributed by atoms with Gasteiger partial charge in [0.15, 0.2) is 0 Å². The van der Waals surface area contributed by atoms with Crippen molar-refractivity contribution in [2.75, 3.05) is 0 Å². The van der Waals surface area contributed by atoms with Crippen LogP contribution < -0.4 is 0 Å². The van der Waals surface area contributed by atoms with Gasteiger partial charge in [-0.05, 0) is 0 Å². The van der Waals surface area contributed by atoms with Crippen LogP contribution in [0.1, 0.15) is 10.4 Å². The summed E-state index contributed by atoms with van der Waals surface area (Å²) in [5, 5.41) is 10.5. The maximum atomic E-state index is 12.1. The highest BCUT2D eigenvalue weighted by atomic mass is 19.4. The molecule has 0 aliphatic carbocycles. The zero-order chi connectivity index (χ0) is 13.1. The lowest BCUT2D eigenvalue weighted by molar-refractivity contribution is -0.163. The minimum absolute atomic E-state index is 0.169. The topological polar surface area (TPSA) is 66.7 Å². The molecule has 0 radical (unpaired) electrons. The van der Waals surface area contributed by atoms with Crippen molar-refractivity contribution in [3.8, 4) is 0 Å². The molecule has 0 saturated heterocycles. The molecule has 0 heterocycles. The van der Waals surface area contributed by atoms with Crippen LogP contribution in [-0.4, -0.2) is 28.7 Å². The van der Waals surface area contributed by atoms with Gasteiger partial charge in [-0.3, -0.25) is 9.59 Å². The maximum Gasteiger partial charge on any atom is 0.456 e. The molecule has 1 aromatic carbocycles. The first-order valence-electron chi connectivity index (χ1n) is 4.31. The maximum absolute atomic E-state index is 12.1. The third kappa shape index (κ3) is 2.90. The molecule has 0 bridgehead atoms. The van der Waals surface area contributed by atoms with Crippen LogP contribution >= 0.6 is 0 Å². The fourth-order valence-electron chi connectivity index (χ4n) is 1.05. The fraction of sp³-hybridized carbons (Fsp3) is 0.100. The van der Waals surface area contributed by atoms with E-state index in [1.807, 2.05) is 0 Å². The quantitative estimate of drug-likeness (QED) is 0.290. The predicted molar refractivity (Wildman–Crippen MR) is 51.1 cm³/mol. The van der Waals surface area contributed by atoms with Gasteiger partial charge in [0.1, 0.15) is 0 Å². The van der Waals surface area contributed by atoms with Gasteiger partial charge >= 0.3 is 6.18 Å². The minimum Gasteiger partial charge on any atom is -0.410 e. The van der Waals surface area contributed by atoms with Gasteiger partial charge in [-0.15, -0.1) is 0 Å². The number of carbonyl (C=O) groups excluding carboxylic acids is 2. The average molecular weight is 245 g/mol. The Hall–Kier alpha value is -2.18. The molecule has 90 valence electrons. The molecule has 1 rings (SSSR count). The van der Waals surface area contributed by atoms with Crippen LogP contribution in [0.25, 0.3) is 0 Å². The van der Waals surface area contributed by atoms with Crippen LogP contribution in [0.3, 0.4) is 0 Å². The highest BCUT2D eigenvalue weighted by Crippen LogP contribution is 2.18. The van der Waals surface area contributed by atoms with Crippen molar-refractivity contribution in [2.24, 2.45) is 5.16 Å². The van der Waals surface area contributed by atoms with Crippen molar-refractivity contribution in [3.05, 3.63) is 35.9 Å². The molecule has 0 aliphatic heterocycles. The Labute approximate surface area is 93.4 Å². The van der Waals surface area contributed by atoms with E-state index >= 15 is 0 Å². The lowest BCUT2D eigenvalue weighted by Gasteiger charge is -2.05. The number of oxime groups is 1. The van der Waals surface area contributed by atoms with E-state index in [1.165, 1.54) is 30.3 Å². The van der Waals surface area contributed by atoms with Gasteiger partial charge in [-0.25, -0.2) is 0 Å². The van der Waals surface area contributed by atoms with E-state index in [-0.39, 0.29) is 5.56 Å². The van der Waals surface area contributed by atoms with Crippen LogP contribution in [0.15, 0.2) is 35.5 Å². The van der Waals surface area contributed by atoms with Crippen LogP contribution in [0.4, 0.5) is 13.2 Å². The van der Waals surface area contributed by atoms with Gasteiger partial charge in [-0.2, -0.15) is 13.2 Å². The summed E-state index contributed by atoms with van der Waals surface area (Å²) in [5.41, 5.74) is -1.72. The lowest BCUT2D eigenvalue weighted by Crippen LogP contribution is -2.35. The van der Waals surface area contributed by atoms with E-state index in [0.717, 1.165) is 0 Å². The number of nitrogens with zero attached hydrogens (tertiary/aromatic N) is 1. The molecule has 0 aliphatic rings. The van der Waals surface area contributed by atoms with E-state index in [2.05, 4.69) is 5.16 Å². The standard InChI is InChI=1S/C10H6F3NO3/c11-10(12,13)9(16)7(14-17)8(15)6-4-2-1-3-5-6/h1-5,17H. The summed E-state index contributed by atoms with van der Waals surface area (Å²) in [4.78, 5) is 22.2. The van der Waals surface area contributed by atoms with Crippen LogP contribution in [0.5, 0.6) is 0 Å². The number of halogens is 3. The van der Waals surface area contributed by atoms with Crippen molar-refractivity contribution in [1.82, 2.24) is 0 Å². The number of rotatable bonds is 3. The minimum atomic E-state index is -5.26. The van der Waals surface area contributed by atoms with E-state index in [4.69, 9.17) is 5.21 Å². The van der Waals surface area contributed by atoms with Gasteiger partial charge in [0, 0.05) is 5.56 Å². The molecule has 0 fully saturated rings. The van der Waals surface area contributed by atoms with E-state index < -0.39 is 23.5 Å². The van der Waals surface area contributed by atoms with Gasteiger partial charge in [0.2, 0.25) is 11.5 Å². The van der Waals surface area contributed by atoms with Gasteiger partial charge in [-0.1, -0.05) is 35.5 Å². The first-order chi connectivity index (χ1) is 7.88. The van der Waals surface area contributed by atoms with Gasteiger partial charge in [0.25, 0.3) is 5.78 Å². The highest BCUT2D eigenvalue weighted by molar-refractivity contribution is 6.69. The smallest absolute Gasteiger partial charge is 0.410 e. The largest absolute Gasteiger partial charge is 0.456 e. The van der Waals surface area contributed by atoms with Crippen molar-refractivity contribution >= 4 is 17.3 Å². The Kier molecular flexibility index (Phi) is 3.62. The molecular formula is C10H6F3NO3. The Morgan fingerprint density at radius 3 is 2.06 bits per heavy atom. The average Bonchev–Trinajstić information content (AvgIpc) is 2.29. The number of alkyl halides is 3. The number of benzene rings is 1. The number of carbonyl (C=O) groups is 2. The second-order valence-corrected chi connectivity index (χ2v) is 2.97. The van der Waals surface area contributed by atoms with Gasteiger partial charge in [0.05, 0.1) is 0 Å². The SMILES string of the molecule is O=C(C(=NO)C(=O)C(F)(F)F)c1ccccc1. The number of hydrogen-bond acceptors (Lipinski definition) is 4. The molecule has 0 spiro atoms. The van der Waals surface area contributed by atoms with E-state index in [1.54, 1.807) is 0 Å². The zero-order valence-electron chi connectivity index (χ0n) is 8.23. The lowest BCUT2D eigenvalue weighted by atomic mass is 10.0. The summed E-state index contributed by atoms with van der Waals surface area (Å²) >= 11 is 0. The molecule has 0 atom stereocenters. The Balaban J connectivity index is 3.07. The second kappa shape index (κ2) is 4.77. The molecule has 4 nitrogen and oxygen atoms in total. The first-order valence-corrected chi connectivity index (χ1v) is 4.31. The number of ketones is 2. The normalized spacial score (nSPS) is 12.3. The summed E-state index contributed by atoms with van der Waals surface area (Å²) in [6.07, 6.45) is -5.26. The number of hydrogen-bond donors (Lipinski definition) is 1. The molecule has 7 heteroatoms. The van der Waals surface area contributed by atoms with Crippen LogP contribution in [-0.2, 0) is 4.79 Å². The number of Topliss-reactive ketones (excluding diaryl/α,β-unsaturated/α-hetero) is 2. The Bertz CT molecular complexity index is 465. The summed E-state index contributed by atoms with van der Waals surface area (Å²) < 4.78 is 36.2. The predicted octanol–water partition coefficient (Wildman–Crippen LogP) is 1.83. The molecular weight excluding hydrogens is 239 g/mol. The summed E-state index contributed by atoms with van der Waals surface area (Å²) in [5.74, 6) is -3.76. The fourth-order valence-corrected chi connectivity index (χ4v) is 1.05. The van der Waals surface area contributed by atoms with E-state index in [9.17, 15) is 22.8 Å². The molecule has 1 N–H and O–H groups in total.